The molecule has 0 unspecified atom stereocenters. The SMILES string of the molecule is COCC(C)(C)c1c(-c2ccc(C(=O)O)c(F)c2)c2cc3[nH]ncc3cc2n1-c1ccc(F)cc1.COCC(C)(C)c1c(-c2ccc(C(=O)O)cc2)c2cc3[nH]ncc3cc2n1-c1ccc(F)cc1.COCC(C)(C)c1c(-c2ccc(C(=O)O)cc2F)c2cc3[nH]ncc3cc2n1-c1ccc(F)cc1. The molecule has 0 aliphatic heterocycles. The lowest BCUT2D eigenvalue weighted by molar-refractivity contribution is 0.0682. The van der Waals surface area contributed by atoms with Gasteiger partial charge >= 0.3 is 17.9 Å². The first kappa shape index (κ1) is 70.4. The minimum absolute atomic E-state index is 0.137. The number of aromatic nitrogens is 9. The molecule has 6 N–H and O–H groups in total. The summed E-state index contributed by atoms with van der Waals surface area (Å²) in [6, 6.07) is 45.6. The van der Waals surface area contributed by atoms with E-state index < -0.39 is 51.4 Å². The molecule has 528 valence electrons. The highest BCUT2D eigenvalue weighted by molar-refractivity contribution is 6.09. The number of methoxy groups -OCH3 is 3. The van der Waals surface area contributed by atoms with Crippen molar-refractivity contribution in [3.05, 3.63) is 251 Å². The molecule has 104 heavy (non-hydrogen) atoms. The summed E-state index contributed by atoms with van der Waals surface area (Å²) in [5.41, 5.74) is 11.9. The Labute approximate surface area is 591 Å². The quantitative estimate of drug-likeness (QED) is 0.0440. The van der Waals surface area contributed by atoms with E-state index >= 15 is 4.39 Å². The predicted octanol–water partition coefficient (Wildman–Crippen LogP) is 18.1. The van der Waals surface area contributed by atoms with Crippen LogP contribution in [0.4, 0.5) is 22.0 Å². The van der Waals surface area contributed by atoms with Gasteiger partial charge in [-0.15, -0.1) is 0 Å². The molecule has 15 rings (SSSR count). The molecule has 23 heteroatoms. The number of aromatic amines is 3. The molecule has 0 aliphatic rings. The first-order valence-electron chi connectivity index (χ1n) is 32.9. The molecule has 0 bridgehead atoms. The Morgan fingerprint density at radius 2 is 0.740 bits per heavy atom. The van der Waals surface area contributed by atoms with E-state index in [-0.39, 0.29) is 34.1 Å². The number of hydrogen-bond donors (Lipinski definition) is 6. The van der Waals surface area contributed by atoms with Crippen LogP contribution in [0.5, 0.6) is 0 Å². The maximum absolute atomic E-state index is 15.5. The third-order valence-corrected chi connectivity index (χ3v) is 18.7. The van der Waals surface area contributed by atoms with Crippen LogP contribution in [0.25, 0.3) is 116 Å². The highest BCUT2D eigenvalue weighted by Gasteiger charge is 2.37. The molecule has 0 saturated carbocycles. The van der Waals surface area contributed by atoms with E-state index in [1.54, 1.807) is 94.5 Å². The lowest BCUT2D eigenvalue weighted by atomic mass is 9.84. The van der Waals surface area contributed by atoms with Crippen molar-refractivity contribution in [2.24, 2.45) is 0 Å². The normalized spacial score (nSPS) is 12.0. The first-order valence-corrected chi connectivity index (χ1v) is 32.9. The number of ether oxygens (including phenoxy) is 3. The van der Waals surface area contributed by atoms with Crippen LogP contribution in [0, 0.1) is 29.1 Å². The van der Waals surface area contributed by atoms with Gasteiger partial charge in [-0.1, -0.05) is 65.8 Å². The molecule has 6 heterocycles. The van der Waals surface area contributed by atoms with Gasteiger partial charge in [-0.2, -0.15) is 15.3 Å². The van der Waals surface area contributed by atoms with Crippen molar-refractivity contribution in [1.82, 2.24) is 44.3 Å². The lowest BCUT2D eigenvalue weighted by Crippen LogP contribution is -2.27. The van der Waals surface area contributed by atoms with Crippen molar-refractivity contribution in [2.75, 3.05) is 41.2 Å². The Bertz CT molecular complexity index is 5810. The van der Waals surface area contributed by atoms with Crippen molar-refractivity contribution in [2.45, 2.75) is 57.8 Å². The van der Waals surface area contributed by atoms with E-state index in [2.05, 4.69) is 61.1 Å². The molecular formula is C81H70F5N9O9. The summed E-state index contributed by atoms with van der Waals surface area (Å²) in [5, 5.41) is 54.7. The summed E-state index contributed by atoms with van der Waals surface area (Å²) >= 11 is 0. The number of carbonyl (C=O) groups is 3. The maximum Gasteiger partial charge on any atom is 0.338 e. The van der Waals surface area contributed by atoms with Crippen LogP contribution in [0.1, 0.15) is 89.7 Å². The standard InChI is InChI=1S/2C27H23F2N3O3.C27H24FN3O3/c1-27(2,14-35-3)25-24(19-9-4-15(26(33)34)10-21(19)29)20-12-22-16(13-30-31-22)11-23(20)32(25)18-7-5-17(28)6-8-18;1-27(2,14-35-3)25-24(15-4-9-19(26(33)34)21(29)10-15)20-12-22-16(13-30-31-22)11-23(20)32(25)18-7-5-17(28)6-8-18;1-27(2,15-34-3)25-24(16-4-6-17(7-5-16)26(32)33)21-13-22-18(14-29-30-22)12-23(21)31(25)20-10-8-19(28)9-11-20/h2*4-13H,14H2,1-3H3,(H,30,31)(H,33,34);4-14H,15H2,1-3H3,(H,29,30)(H,32,33). The molecule has 9 aromatic carbocycles. The fourth-order valence-electron chi connectivity index (χ4n) is 14.3. The second-order valence-electron chi connectivity index (χ2n) is 27.4. The maximum atomic E-state index is 15.5. The van der Waals surface area contributed by atoms with Crippen LogP contribution in [0.3, 0.4) is 0 Å². The first-order chi connectivity index (χ1) is 49.7. The van der Waals surface area contributed by atoms with Crippen molar-refractivity contribution < 1.29 is 65.9 Å². The second kappa shape index (κ2) is 27.7. The van der Waals surface area contributed by atoms with Crippen LogP contribution in [-0.4, -0.2) is 119 Å². The number of benzene rings is 9. The van der Waals surface area contributed by atoms with Gasteiger partial charge in [-0.3, -0.25) is 15.3 Å². The third kappa shape index (κ3) is 13.0. The Morgan fingerprint density at radius 3 is 1.09 bits per heavy atom. The number of nitrogens with zero attached hydrogens (tertiary/aromatic N) is 6. The van der Waals surface area contributed by atoms with Gasteiger partial charge in [0.1, 0.15) is 29.1 Å². The summed E-state index contributed by atoms with van der Waals surface area (Å²) in [6.45, 7) is 13.4. The average Bonchev–Trinajstić information content (AvgIpc) is 1.58. The number of carboxylic acid groups (broad SMARTS) is 3. The molecule has 0 atom stereocenters. The van der Waals surface area contributed by atoms with Gasteiger partial charge in [0.2, 0.25) is 0 Å². The monoisotopic (exact) mass is 1410 g/mol. The van der Waals surface area contributed by atoms with E-state index in [0.29, 0.717) is 36.6 Å². The fraction of sp³-hybridized carbons (Fsp3) is 0.185. The molecule has 0 fully saturated rings. The summed E-state index contributed by atoms with van der Waals surface area (Å²) in [7, 11) is 4.88. The number of rotatable bonds is 18. The molecule has 0 amide bonds. The smallest absolute Gasteiger partial charge is 0.338 e. The Kier molecular flexibility index (Phi) is 18.8. The zero-order valence-corrected chi connectivity index (χ0v) is 57.9. The Hall–Kier alpha value is -12.1. The fourth-order valence-corrected chi connectivity index (χ4v) is 14.3. The molecule has 0 aliphatic carbocycles. The van der Waals surface area contributed by atoms with Gasteiger partial charge in [0.05, 0.1) is 88.2 Å². The number of halogens is 5. The zero-order chi connectivity index (χ0) is 73.8. The number of fused-ring (bicyclic) bond motifs is 6. The van der Waals surface area contributed by atoms with E-state index in [9.17, 15) is 47.3 Å². The lowest BCUT2D eigenvalue weighted by Gasteiger charge is -2.28. The van der Waals surface area contributed by atoms with Crippen molar-refractivity contribution in [1.29, 1.82) is 0 Å². The molecule has 0 spiro atoms. The molecular weight excluding hydrogens is 1340 g/mol. The molecule has 0 radical (unpaired) electrons. The van der Waals surface area contributed by atoms with Gasteiger partial charge in [-0.05, 0) is 157 Å². The highest BCUT2D eigenvalue weighted by atomic mass is 19.1. The summed E-state index contributed by atoms with van der Waals surface area (Å²) in [6.07, 6.45) is 5.20. The highest BCUT2D eigenvalue weighted by Crippen LogP contribution is 2.49. The topological polar surface area (TPSA) is 240 Å². The van der Waals surface area contributed by atoms with Gasteiger partial charge in [0.15, 0.2) is 0 Å². The van der Waals surface area contributed by atoms with E-state index in [4.69, 9.17) is 14.2 Å². The summed E-state index contributed by atoms with van der Waals surface area (Å²) in [5.74, 6) is -6.01. The molecule has 6 aromatic heterocycles. The minimum Gasteiger partial charge on any atom is -0.478 e. The van der Waals surface area contributed by atoms with Gasteiger partial charge < -0.3 is 43.2 Å². The van der Waals surface area contributed by atoms with E-state index in [0.717, 1.165) is 117 Å². The average molecular weight is 1410 g/mol. The van der Waals surface area contributed by atoms with Crippen molar-refractivity contribution in [3.63, 3.8) is 0 Å². The molecule has 0 saturated heterocycles. The van der Waals surface area contributed by atoms with Gasteiger partial charge in [0, 0.05) is 126 Å². The van der Waals surface area contributed by atoms with Crippen LogP contribution in [-0.2, 0) is 30.5 Å². The number of aromatic carboxylic acids is 3. The van der Waals surface area contributed by atoms with Crippen LogP contribution < -0.4 is 0 Å². The van der Waals surface area contributed by atoms with Crippen LogP contribution >= 0.6 is 0 Å². The Balaban J connectivity index is 0.000000139. The van der Waals surface area contributed by atoms with Crippen LogP contribution in [0.15, 0.2) is 188 Å². The third-order valence-electron chi connectivity index (χ3n) is 18.7. The number of hydrogen-bond acceptors (Lipinski definition) is 9. The van der Waals surface area contributed by atoms with E-state index in [1.807, 2.05) is 73.2 Å². The molecule has 15 aromatic rings. The predicted molar refractivity (Wildman–Crippen MR) is 390 cm³/mol. The number of carboxylic acids is 3. The number of H-pyrrole nitrogens is 3. The zero-order valence-electron chi connectivity index (χ0n) is 57.9. The summed E-state index contributed by atoms with van der Waals surface area (Å²) < 4.78 is 94.7. The number of nitrogens with one attached hydrogen (secondary N) is 3. The largest absolute Gasteiger partial charge is 0.478 e. The minimum atomic E-state index is -1.33. The molecule has 18 nitrogen and oxygen atoms in total. The Morgan fingerprint density at radius 1 is 0.394 bits per heavy atom. The van der Waals surface area contributed by atoms with E-state index in [1.165, 1.54) is 60.7 Å². The second-order valence-corrected chi connectivity index (χ2v) is 27.4. The van der Waals surface area contributed by atoms with Crippen molar-refractivity contribution >= 4 is 83.3 Å². The van der Waals surface area contributed by atoms with Gasteiger partial charge in [-0.25, -0.2) is 36.3 Å². The van der Waals surface area contributed by atoms with Crippen molar-refractivity contribution in [3.8, 4) is 50.4 Å². The summed E-state index contributed by atoms with van der Waals surface area (Å²) in [4.78, 5) is 34.3. The van der Waals surface area contributed by atoms with Gasteiger partial charge in [0.25, 0.3) is 0 Å². The van der Waals surface area contributed by atoms with Crippen LogP contribution in [0.2, 0.25) is 0 Å².